The third-order valence-corrected chi connectivity index (χ3v) is 4.93. The minimum Gasteiger partial charge on any atom is -0.330 e. The van der Waals surface area contributed by atoms with E-state index in [-0.39, 0.29) is 10.4 Å². The summed E-state index contributed by atoms with van der Waals surface area (Å²) in [6.07, 6.45) is 2.25. The van der Waals surface area contributed by atoms with Crippen LogP contribution in [0.15, 0.2) is 17.3 Å². The SMILES string of the molecule is CCCN(CC(C)(C)CN)S(=O)(=O)c1ccnn1C. The molecule has 2 N–H and O–H groups in total. The van der Waals surface area contributed by atoms with Gasteiger partial charge in [0.25, 0.3) is 10.0 Å². The Morgan fingerprint density at radius 1 is 1.47 bits per heavy atom. The molecule has 6 nitrogen and oxygen atoms in total. The molecule has 0 aromatic carbocycles. The molecule has 1 heterocycles. The van der Waals surface area contributed by atoms with Crippen LogP contribution in [0.3, 0.4) is 0 Å². The minimum atomic E-state index is -3.52. The molecule has 19 heavy (non-hydrogen) atoms. The maximum atomic E-state index is 12.6. The molecule has 0 aliphatic heterocycles. The number of sulfonamides is 1. The van der Waals surface area contributed by atoms with E-state index in [2.05, 4.69) is 5.10 Å². The molecule has 0 unspecified atom stereocenters. The molecule has 0 fully saturated rings. The maximum absolute atomic E-state index is 12.6. The molecule has 1 aromatic heterocycles. The van der Waals surface area contributed by atoms with Crippen molar-refractivity contribution < 1.29 is 8.42 Å². The van der Waals surface area contributed by atoms with Gasteiger partial charge in [0.15, 0.2) is 5.03 Å². The Bertz CT molecular complexity index is 508. The van der Waals surface area contributed by atoms with Gasteiger partial charge >= 0.3 is 0 Å². The van der Waals surface area contributed by atoms with E-state index in [9.17, 15) is 8.42 Å². The van der Waals surface area contributed by atoms with Crippen molar-refractivity contribution in [2.24, 2.45) is 18.2 Å². The first-order valence-electron chi connectivity index (χ1n) is 6.43. The van der Waals surface area contributed by atoms with Crippen LogP contribution in [0.4, 0.5) is 0 Å². The van der Waals surface area contributed by atoms with E-state index in [1.165, 1.54) is 21.3 Å². The van der Waals surface area contributed by atoms with E-state index in [1.54, 1.807) is 7.05 Å². The zero-order valence-corrected chi connectivity index (χ0v) is 12.9. The highest BCUT2D eigenvalue weighted by Gasteiger charge is 2.31. The van der Waals surface area contributed by atoms with Crippen LogP contribution in [0.25, 0.3) is 0 Å². The molecule has 7 heteroatoms. The summed E-state index contributed by atoms with van der Waals surface area (Å²) in [6, 6.07) is 1.52. The van der Waals surface area contributed by atoms with Crippen molar-refractivity contribution in [3.05, 3.63) is 12.3 Å². The van der Waals surface area contributed by atoms with Crippen LogP contribution < -0.4 is 5.73 Å². The van der Waals surface area contributed by atoms with Gasteiger partial charge in [-0.15, -0.1) is 0 Å². The van der Waals surface area contributed by atoms with E-state index < -0.39 is 10.0 Å². The largest absolute Gasteiger partial charge is 0.330 e. The van der Waals surface area contributed by atoms with Crippen molar-refractivity contribution in [1.29, 1.82) is 0 Å². The van der Waals surface area contributed by atoms with Crippen LogP contribution in [-0.2, 0) is 17.1 Å². The van der Waals surface area contributed by atoms with Crippen molar-refractivity contribution >= 4 is 10.0 Å². The fraction of sp³-hybridized carbons (Fsp3) is 0.750. The lowest BCUT2D eigenvalue weighted by Crippen LogP contribution is -2.42. The van der Waals surface area contributed by atoms with Gasteiger partial charge in [0.05, 0.1) is 6.20 Å². The average Bonchev–Trinajstić information content (AvgIpc) is 2.75. The fourth-order valence-corrected chi connectivity index (χ4v) is 3.64. The van der Waals surface area contributed by atoms with Crippen molar-refractivity contribution in [3.63, 3.8) is 0 Å². The first-order chi connectivity index (χ1) is 8.74. The Hall–Kier alpha value is -0.920. The normalized spacial score (nSPS) is 13.2. The summed E-state index contributed by atoms with van der Waals surface area (Å²) in [5.41, 5.74) is 5.45. The highest BCUT2D eigenvalue weighted by molar-refractivity contribution is 7.89. The van der Waals surface area contributed by atoms with Crippen LogP contribution in [0.1, 0.15) is 27.2 Å². The van der Waals surface area contributed by atoms with Gasteiger partial charge in [-0.3, -0.25) is 4.68 Å². The van der Waals surface area contributed by atoms with Gasteiger partial charge in [-0.05, 0) is 24.4 Å². The molecule has 0 aliphatic carbocycles. The Balaban J connectivity index is 3.09. The second-order valence-corrected chi connectivity index (χ2v) is 7.38. The van der Waals surface area contributed by atoms with E-state index in [4.69, 9.17) is 5.73 Å². The Morgan fingerprint density at radius 3 is 2.53 bits per heavy atom. The first-order valence-corrected chi connectivity index (χ1v) is 7.87. The Labute approximate surface area is 115 Å². The average molecular weight is 288 g/mol. The van der Waals surface area contributed by atoms with Gasteiger partial charge < -0.3 is 5.73 Å². The van der Waals surface area contributed by atoms with Gasteiger partial charge in [-0.25, -0.2) is 8.42 Å². The molecule has 0 atom stereocenters. The molecule has 0 radical (unpaired) electrons. The smallest absolute Gasteiger partial charge is 0.260 e. The molecule has 110 valence electrons. The number of nitrogens with zero attached hydrogens (tertiary/aromatic N) is 3. The summed E-state index contributed by atoms with van der Waals surface area (Å²) in [7, 11) is -1.89. The molecule has 0 spiro atoms. The lowest BCUT2D eigenvalue weighted by Gasteiger charge is -2.30. The minimum absolute atomic E-state index is 0.216. The van der Waals surface area contributed by atoms with E-state index in [1.807, 2.05) is 20.8 Å². The summed E-state index contributed by atoms with van der Waals surface area (Å²) in [5.74, 6) is 0. The lowest BCUT2D eigenvalue weighted by atomic mass is 9.94. The number of aryl methyl sites for hydroxylation is 1. The third-order valence-electron chi connectivity index (χ3n) is 3.01. The Morgan fingerprint density at radius 2 is 2.11 bits per heavy atom. The van der Waals surface area contributed by atoms with Crippen molar-refractivity contribution in [1.82, 2.24) is 14.1 Å². The molecule has 1 aromatic rings. The van der Waals surface area contributed by atoms with Crippen molar-refractivity contribution in [2.75, 3.05) is 19.6 Å². The standard InChI is InChI=1S/C12H24N4O2S/c1-5-8-16(10-12(2,3)9-13)19(17,18)11-6-7-14-15(11)4/h6-7H,5,8-10,13H2,1-4H3. The summed E-state index contributed by atoms with van der Waals surface area (Å²) >= 11 is 0. The van der Waals surface area contributed by atoms with E-state index in [0.29, 0.717) is 19.6 Å². The second-order valence-electron chi connectivity index (χ2n) is 5.50. The number of nitrogens with two attached hydrogens (primary N) is 1. The molecular formula is C12H24N4O2S. The summed E-state index contributed by atoms with van der Waals surface area (Å²) in [4.78, 5) is 0. The van der Waals surface area contributed by atoms with Gasteiger partial charge in [0, 0.05) is 20.1 Å². The predicted octanol–water partition coefficient (Wildman–Crippen LogP) is 0.806. The van der Waals surface area contributed by atoms with Gasteiger partial charge in [0.1, 0.15) is 0 Å². The van der Waals surface area contributed by atoms with Crippen LogP contribution in [0, 0.1) is 5.41 Å². The first kappa shape index (κ1) is 16.1. The number of rotatable bonds is 7. The zero-order chi connectivity index (χ0) is 14.7. The molecule has 1 rings (SSSR count). The quantitative estimate of drug-likeness (QED) is 0.805. The van der Waals surface area contributed by atoms with Crippen LogP contribution >= 0.6 is 0 Å². The fourth-order valence-electron chi connectivity index (χ4n) is 1.82. The van der Waals surface area contributed by atoms with E-state index in [0.717, 1.165) is 6.42 Å². The second kappa shape index (κ2) is 6.02. The molecular weight excluding hydrogens is 264 g/mol. The summed E-state index contributed by atoms with van der Waals surface area (Å²) < 4.78 is 28.1. The molecule has 0 saturated carbocycles. The number of hydrogen-bond acceptors (Lipinski definition) is 4. The highest BCUT2D eigenvalue weighted by atomic mass is 32.2. The maximum Gasteiger partial charge on any atom is 0.260 e. The topological polar surface area (TPSA) is 81.2 Å². The Kier molecular flexibility index (Phi) is 5.11. The lowest BCUT2D eigenvalue weighted by molar-refractivity contribution is 0.265. The molecule has 0 aliphatic rings. The van der Waals surface area contributed by atoms with E-state index >= 15 is 0 Å². The third kappa shape index (κ3) is 3.77. The molecule has 0 amide bonds. The van der Waals surface area contributed by atoms with Crippen LogP contribution in [0.5, 0.6) is 0 Å². The highest BCUT2D eigenvalue weighted by Crippen LogP contribution is 2.21. The number of hydrogen-bond donors (Lipinski definition) is 1. The van der Waals surface area contributed by atoms with Gasteiger partial charge in [-0.2, -0.15) is 9.40 Å². The van der Waals surface area contributed by atoms with Crippen LogP contribution in [-0.4, -0.2) is 42.1 Å². The van der Waals surface area contributed by atoms with Crippen LogP contribution in [0.2, 0.25) is 0 Å². The van der Waals surface area contributed by atoms with Crippen molar-refractivity contribution in [2.45, 2.75) is 32.2 Å². The summed E-state index contributed by atoms with van der Waals surface area (Å²) in [6.45, 7) is 7.22. The molecule has 0 bridgehead atoms. The predicted molar refractivity (Wildman–Crippen MR) is 75.1 cm³/mol. The summed E-state index contributed by atoms with van der Waals surface area (Å²) in [5, 5.41) is 4.14. The van der Waals surface area contributed by atoms with Gasteiger partial charge in [-0.1, -0.05) is 20.8 Å². The monoisotopic (exact) mass is 288 g/mol. The molecule has 0 saturated heterocycles. The zero-order valence-electron chi connectivity index (χ0n) is 12.1. The van der Waals surface area contributed by atoms with Gasteiger partial charge in [0.2, 0.25) is 0 Å². The number of aromatic nitrogens is 2. The van der Waals surface area contributed by atoms with Crippen molar-refractivity contribution in [3.8, 4) is 0 Å².